The zero-order chi connectivity index (χ0) is 23.2. The number of carbonyl (C=O) groups excluding carboxylic acids is 2. The normalized spacial score (nSPS) is 10.7. The Labute approximate surface area is 189 Å². The molecule has 10 heteroatoms. The van der Waals surface area contributed by atoms with Gasteiger partial charge in [-0.2, -0.15) is 10.1 Å². The maximum Gasteiger partial charge on any atom is 0.327 e. The van der Waals surface area contributed by atoms with E-state index in [1.54, 1.807) is 25.5 Å². The van der Waals surface area contributed by atoms with E-state index in [1.165, 1.54) is 10.8 Å². The lowest BCUT2D eigenvalue weighted by atomic mass is 10.2. The van der Waals surface area contributed by atoms with Crippen LogP contribution < -0.4 is 10.6 Å². The molecule has 0 aliphatic rings. The zero-order valence-corrected chi connectivity index (χ0v) is 18.1. The SMILES string of the molecule is C=CC(=O)Nc1cccc(Cn2ccc3cnc(Nc4cnn(CC(=O)OCC)c4)nc32)c1. The highest BCUT2D eigenvalue weighted by Gasteiger charge is 2.09. The molecular weight excluding hydrogens is 422 g/mol. The van der Waals surface area contributed by atoms with Gasteiger partial charge >= 0.3 is 5.97 Å². The number of amides is 1. The van der Waals surface area contributed by atoms with Crippen molar-refractivity contribution < 1.29 is 14.3 Å². The predicted molar refractivity (Wildman–Crippen MR) is 124 cm³/mol. The van der Waals surface area contributed by atoms with Crippen molar-refractivity contribution >= 4 is 40.2 Å². The monoisotopic (exact) mass is 445 g/mol. The average molecular weight is 445 g/mol. The molecule has 2 N–H and O–H groups in total. The van der Waals surface area contributed by atoms with Gasteiger partial charge < -0.3 is 19.9 Å². The number of hydrogen-bond acceptors (Lipinski definition) is 7. The molecule has 4 rings (SSSR count). The minimum absolute atomic E-state index is 0.0323. The third kappa shape index (κ3) is 5.42. The molecule has 0 atom stereocenters. The molecule has 10 nitrogen and oxygen atoms in total. The van der Waals surface area contributed by atoms with Gasteiger partial charge in [-0.1, -0.05) is 18.7 Å². The molecule has 3 heterocycles. The highest BCUT2D eigenvalue weighted by atomic mass is 16.5. The van der Waals surface area contributed by atoms with Crippen molar-refractivity contribution in [1.82, 2.24) is 24.3 Å². The van der Waals surface area contributed by atoms with Crippen molar-refractivity contribution in [3.05, 3.63) is 73.3 Å². The standard InChI is InChI=1S/C23H23N7O3/c1-3-20(31)26-18-7-5-6-16(10-18)13-29-9-8-17-11-24-23(28-22(17)29)27-19-12-25-30(14-19)15-21(32)33-4-2/h3,5-12,14H,1,4,13,15H2,2H3,(H,26,31)(H,24,27,28). The largest absolute Gasteiger partial charge is 0.465 e. The molecular formula is C23H23N7O3. The molecule has 168 valence electrons. The van der Waals surface area contributed by atoms with Crippen molar-refractivity contribution in [2.45, 2.75) is 20.0 Å². The second-order valence-corrected chi connectivity index (χ2v) is 7.17. The van der Waals surface area contributed by atoms with E-state index in [-0.39, 0.29) is 18.4 Å². The molecule has 0 spiro atoms. The summed E-state index contributed by atoms with van der Waals surface area (Å²) in [6, 6.07) is 9.54. The number of nitrogens with one attached hydrogen (secondary N) is 2. The van der Waals surface area contributed by atoms with Crippen molar-refractivity contribution in [3.63, 3.8) is 0 Å². The summed E-state index contributed by atoms with van der Waals surface area (Å²) < 4.78 is 8.42. The number of fused-ring (bicyclic) bond motifs is 1. The van der Waals surface area contributed by atoms with Crippen molar-refractivity contribution in [1.29, 1.82) is 0 Å². The van der Waals surface area contributed by atoms with Crippen LogP contribution >= 0.6 is 0 Å². The highest BCUT2D eigenvalue weighted by molar-refractivity contribution is 5.98. The zero-order valence-electron chi connectivity index (χ0n) is 18.1. The first-order valence-electron chi connectivity index (χ1n) is 10.3. The molecule has 0 aliphatic heterocycles. The second kappa shape index (κ2) is 9.77. The van der Waals surface area contributed by atoms with Gasteiger partial charge in [0.25, 0.3) is 0 Å². The molecule has 4 aromatic rings. The van der Waals surface area contributed by atoms with Crippen LogP contribution in [0.3, 0.4) is 0 Å². The van der Waals surface area contributed by atoms with Crippen molar-refractivity contribution in [3.8, 4) is 0 Å². The lowest BCUT2D eigenvalue weighted by Crippen LogP contribution is -2.13. The van der Waals surface area contributed by atoms with E-state index in [0.29, 0.717) is 30.5 Å². The van der Waals surface area contributed by atoms with Gasteiger partial charge in [-0.25, -0.2) is 4.98 Å². The summed E-state index contributed by atoms with van der Waals surface area (Å²) in [7, 11) is 0. The molecule has 1 aromatic carbocycles. The topological polar surface area (TPSA) is 116 Å². The fourth-order valence-corrected chi connectivity index (χ4v) is 3.28. The molecule has 33 heavy (non-hydrogen) atoms. The van der Waals surface area contributed by atoms with E-state index >= 15 is 0 Å². The Morgan fingerprint density at radius 2 is 2.09 bits per heavy atom. The fourth-order valence-electron chi connectivity index (χ4n) is 3.28. The smallest absolute Gasteiger partial charge is 0.327 e. The van der Waals surface area contributed by atoms with Crippen LogP contribution in [0.25, 0.3) is 11.0 Å². The first kappa shape index (κ1) is 21.8. The van der Waals surface area contributed by atoms with Gasteiger partial charge in [-0.15, -0.1) is 0 Å². The molecule has 0 unspecified atom stereocenters. The van der Waals surface area contributed by atoms with Crippen LogP contribution in [0.4, 0.5) is 17.3 Å². The summed E-state index contributed by atoms with van der Waals surface area (Å²) in [5.41, 5.74) is 3.11. The molecule has 0 saturated carbocycles. The van der Waals surface area contributed by atoms with Crippen LogP contribution in [0.5, 0.6) is 0 Å². The summed E-state index contributed by atoms with van der Waals surface area (Å²) in [5, 5.41) is 10.9. The number of anilines is 3. The first-order valence-corrected chi connectivity index (χ1v) is 10.3. The van der Waals surface area contributed by atoms with Crippen LogP contribution in [0.1, 0.15) is 12.5 Å². The van der Waals surface area contributed by atoms with E-state index in [4.69, 9.17) is 4.74 Å². The van der Waals surface area contributed by atoms with E-state index in [9.17, 15) is 9.59 Å². The van der Waals surface area contributed by atoms with Gasteiger partial charge in [0, 0.05) is 36.2 Å². The number of benzene rings is 1. The third-order valence-electron chi connectivity index (χ3n) is 4.72. The Bertz CT molecular complexity index is 1310. The van der Waals surface area contributed by atoms with Crippen LogP contribution in [0, 0.1) is 0 Å². The summed E-state index contributed by atoms with van der Waals surface area (Å²) >= 11 is 0. The maximum absolute atomic E-state index is 11.6. The van der Waals surface area contributed by atoms with Gasteiger partial charge in [0.2, 0.25) is 11.9 Å². The van der Waals surface area contributed by atoms with Crippen LogP contribution in [-0.4, -0.2) is 42.8 Å². The summed E-state index contributed by atoms with van der Waals surface area (Å²) in [4.78, 5) is 32.2. The summed E-state index contributed by atoms with van der Waals surface area (Å²) in [5.74, 6) is -0.200. The van der Waals surface area contributed by atoms with Crippen LogP contribution in [0.15, 0.2) is 67.8 Å². The van der Waals surface area contributed by atoms with Crippen molar-refractivity contribution in [2.24, 2.45) is 0 Å². The second-order valence-electron chi connectivity index (χ2n) is 7.17. The van der Waals surface area contributed by atoms with E-state index < -0.39 is 0 Å². The number of esters is 1. The van der Waals surface area contributed by atoms with Crippen LogP contribution in [-0.2, 0) is 27.4 Å². The number of aromatic nitrogens is 5. The number of carbonyl (C=O) groups is 2. The average Bonchev–Trinajstić information content (AvgIpc) is 3.40. The molecule has 1 amide bonds. The van der Waals surface area contributed by atoms with Gasteiger partial charge in [0.05, 0.1) is 18.5 Å². The molecule has 0 saturated heterocycles. The number of nitrogens with zero attached hydrogens (tertiary/aromatic N) is 5. The lowest BCUT2D eigenvalue weighted by molar-refractivity contribution is -0.144. The Hall–Kier alpha value is -4.47. The highest BCUT2D eigenvalue weighted by Crippen LogP contribution is 2.19. The number of hydrogen-bond donors (Lipinski definition) is 2. The summed E-state index contributed by atoms with van der Waals surface area (Å²) in [6.07, 6.45) is 8.19. The maximum atomic E-state index is 11.6. The lowest BCUT2D eigenvalue weighted by Gasteiger charge is -2.09. The Morgan fingerprint density at radius 3 is 2.91 bits per heavy atom. The molecule has 3 aromatic heterocycles. The van der Waals surface area contributed by atoms with Gasteiger partial charge in [0.1, 0.15) is 12.2 Å². The quantitative estimate of drug-likeness (QED) is 0.300. The van der Waals surface area contributed by atoms with Crippen LogP contribution in [0.2, 0.25) is 0 Å². The van der Waals surface area contributed by atoms with Gasteiger partial charge in [-0.3, -0.25) is 14.3 Å². The van der Waals surface area contributed by atoms with Gasteiger partial charge in [-0.05, 0) is 36.8 Å². The van der Waals surface area contributed by atoms with E-state index in [1.807, 2.05) is 41.1 Å². The summed E-state index contributed by atoms with van der Waals surface area (Å²) in [6.45, 7) is 6.15. The van der Waals surface area contributed by atoms with E-state index in [2.05, 4.69) is 32.3 Å². The van der Waals surface area contributed by atoms with E-state index in [0.717, 1.165) is 16.6 Å². The fraction of sp³-hybridized carbons (Fsp3) is 0.174. The third-order valence-corrected chi connectivity index (χ3v) is 4.72. The number of ether oxygens (including phenoxy) is 1. The Balaban J connectivity index is 1.50. The molecule has 0 bridgehead atoms. The first-order chi connectivity index (χ1) is 16.0. The predicted octanol–water partition coefficient (Wildman–Crippen LogP) is 3.11. The van der Waals surface area contributed by atoms with Gasteiger partial charge in [0.15, 0.2) is 0 Å². The Morgan fingerprint density at radius 1 is 1.21 bits per heavy atom. The Kier molecular flexibility index (Phi) is 6.44. The minimum atomic E-state index is -0.351. The molecule has 0 aliphatic carbocycles. The number of rotatable bonds is 9. The molecule has 0 fully saturated rings. The van der Waals surface area contributed by atoms with Crippen molar-refractivity contribution in [2.75, 3.05) is 17.2 Å². The minimum Gasteiger partial charge on any atom is -0.465 e. The molecule has 0 radical (unpaired) electrons.